The van der Waals surface area contributed by atoms with Gasteiger partial charge >= 0.3 is 0 Å². The average molecular weight is 321 g/mol. The van der Waals surface area contributed by atoms with Crippen LogP contribution in [0.15, 0.2) is 47.5 Å². The Kier molecular flexibility index (Phi) is 3.57. The molecule has 106 valence electrons. The minimum absolute atomic E-state index is 0.00535. The lowest BCUT2D eigenvalue weighted by molar-refractivity contribution is 0.0972. The molecule has 0 aliphatic heterocycles. The fourth-order valence-corrected chi connectivity index (χ4v) is 2.73. The Morgan fingerprint density at radius 3 is 2.81 bits per heavy atom. The molecule has 1 aromatic carbocycles. The second kappa shape index (κ2) is 5.39. The number of carbonyl (C=O) groups is 1. The topological polar surface area (TPSA) is 54.9 Å². The quantitative estimate of drug-likeness (QED) is 0.751. The Hall–Kier alpha value is -2.04. The molecule has 2 aromatic heterocycles. The van der Waals surface area contributed by atoms with E-state index >= 15 is 0 Å². The highest BCUT2D eigenvalue weighted by atomic mass is 35.5. The Labute approximate surface area is 129 Å². The van der Waals surface area contributed by atoms with Crippen molar-refractivity contribution in [3.63, 3.8) is 0 Å². The van der Waals surface area contributed by atoms with Crippen molar-refractivity contribution in [3.8, 4) is 0 Å². The monoisotopic (exact) mass is 320 g/mol. The van der Waals surface area contributed by atoms with Gasteiger partial charge in [0.25, 0.3) is 5.56 Å². The van der Waals surface area contributed by atoms with Gasteiger partial charge in [-0.2, -0.15) is 0 Å². The zero-order valence-electron chi connectivity index (χ0n) is 10.8. The number of ketones is 1. The number of benzene rings is 1. The van der Waals surface area contributed by atoms with Crippen LogP contribution in [0.1, 0.15) is 10.4 Å². The number of fused-ring (bicyclic) bond motifs is 1. The second-order valence-electron chi connectivity index (χ2n) is 4.61. The molecule has 0 saturated heterocycles. The molecule has 0 aliphatic rings. The number of rotatable bonds is 3. The molecule has 3 aromatic rings. The molecular weight excluding hydrogens is 311 g/mol. The van der Waals surface area contributed by atoms with Crippen molar-refractivity contribution >= 4 is 39.9 Å². The van der Waals surface area contributed by atoms with Crippen molar-refractivity contribution in [2.45, 2.75) is 6.54 Å². The molecule has 1 N–H and O–H groups in total. The van der Waals surface area contributed by atoms with Crippen molar-refractivity contribution in [2.24, 2.45) is 0 Å². The highest BCUT2D eigenvalue weighted by Gasteiger charge is 2.14. The number of aromatic amines is 1. The molecule has 0 radical (unpaired) electrons. The summed E-state index contributed by atoms with van der Waals surface area (Å²) in [6.07, 6.45) is 3.05. The lowest BCUT2D eigenvalue weighted by Crippen LogP contribution is -2.24. The molecule has 6 heteroatoms. The number of nitrogens with one attached hydrogen (secondary N) is 1. The third kappa shape index (κ3) is 2.60. The number of nitrogens with zero attached hydrogens (tertiary/aromatic N) is 1. The summed E-state index contributed by atoms with van der Waals surface area (Å²) < 4.78 is 1.22. The lowest BCUT2D eigenvalue weighted by atomic mass is 10.1. The van der Waals surface area contributed by atoms with Crippen LogP contribution in [0, 0.1) is 0 Å². The van der Waals surface area contributed by atoms with E-state index in [2.05, 4.69) is 4.98 Å². The van der Waals surface area contributed by atoms with Gasteiger partial charge in [0.15, 0.2) is 5.78 Å². The van der Waals surface area contributed by atoms with Gasteiger partial charge in [-0.05, 0) is 12.1 Å². The first kappa shape index (κ1) is 13.9. The Balaban J connectivity index is 1.99. The van der Waals surface area contributed by atoms with E-state index in [-0.39, 0.29) is 17.4 Å². The van der Waals surface area contributed by atoms with Crippen LogP contribution >= 0.6 is 23.2 Å². The predicted molar refractivity (Wildman–Crippen MR) is 83.4 cm³/mol. The molecule has 0 fully saturated rings. The molecule has 2 heterocycles. The zero-order valence-corrected chi connectivity index (χ0v) is 12.3. The van der Waals surface area contributed by atoms with E-state index in [4.69, 9.17) is 23.2 Å². The van der Waals surface area contributed by atoms with Gasteiger partial charge in [0.1, 0.15) is 5.02 Å². The minimum atomic E-state index is -0.436. The van der Waals surface area contributed by atoms with Crippen LogP contribution in [0.4, 0.5) is 0 Å². The zero-order chi connectivity index (χ0) is 15.0. The van der Waals surface area contributed by atoms with Gasteiger partial charge in [0.05, 0.1) is 11.6 Å². The Bertz CT molecular complexity index is 896. The Morgan fingerprint density at radius 1 is 1.24 bits per heavy atom. The molecule has 0 aliphatic carbocycles. The molecule has 3 rings (SSSR count). The maximum absolute atomic E-state index is 12.4. The van der Waals surface area contributed by atoms with Gasteiger partial charge in [0.2, 0.25) is 0 Å². The van der Waals surface area contributed by atoms with Crippen LogP contribution in [0.2, 0.25) is 10.0 Å². The predicted octanol–water partition coefficient (Wildman–Crippen LogP) is 3.52. The van der Waals surface area contributed by atoms with Crippen molar-refractivity contribution in [3.05, 3.63) is 68.7 Å². The van der Waals surface area contributed by atoms with Crippen LogP contribution in [0.3, 0.4) is 0 Å². The largest absolute Gasteiger partial charge is 0.360 e. The highest BCUT2D eigenvalue weighted by Crippen LogP contribution is 2.19. The van der Waals surface area contributed by atoms with Gasteiger partial charge in [-0.25, -0.2) is 0 Å². The molecule has 4 nitrogen and oxygen atoms in total. The summed E-state index contributed by atoms with van der Waals surface area (Å²) in [6, 6.07) is 8.84. The van der Waals surface area contributed by atoms with Crippen molar-refractivity contribution < 1.29 is 4.79 Å². The number of Topliss-reactive ketones (excluding diaryl/α,β-unsaturated/α-hetero) is 1. The number of pyridine rings is 1. The fraction of sp³-hybridized carbons (Fsp3) is 0.0667. The first-order valence-corrected chi connectivity index (χ1v) is 6.96. The number of carbonyl (C=O) groups excluding carboxylic acids is 1. The van der Waals surface area contributed by atoms with E-state index < -0.39 is 5.56 Å². The van der Waals surface area contributed by atoms with Gasteiger partial charge < -0.3 is 9.55 Å². The van der Waals surface area contributed by atoms with Gasteiger partial charge in [-0.3, -0.25) is 9.59 Å². The number of hydrogen-bond donors (Lipinski definition) is 1. The van der Waals surface area contributed by atoms with Crippen LogP contribution in [0.5, 0.6) is 0 Å². The molecule has 0 amide bonds. The number of hydrogen-bond acceptors (Lipinski definition) is 2. The summed E-state index contributed by atoms with van der Waals surface area (Å²) in [7, 11) is 0. The standard InChI is InChI=1S/C15H10Cl2N2O2/c16-9-5-12(17)15(21)19(7-9)8-14(20)11-6-18-13-4-2-1-3-10(11)13/h1-7,18H,8H2. The SMILES string of the molecule is O=C(Cn1cc(Cl)cc(Cl)c1=O)c1c[nH]c2ccccc12. The van der Waals surface area contributed by atoms with E-state index in [0.717, 1.165) is 10.9 Å². The Morgan fingerprint density at radius 2 is 2.00 bits per heavy atom. The van der Waals surface area contributed by atoms with E-state index in [9.17, 15) is 9.59 Å². The molecule has 0 unspecified atom stereocenters. The second-order valence-corrected chi connectivity index (χ2v) is 5.45. The van der Waals surface area contributed by atoms with Crippen molar-refractivity contribution in [1.82, 2.24) is 9.55 Å². The van der Waals surface area contributed by atoms with Crippen molar-refractivity contribution in [2.75, 3.05) is 0 Å². The van der Waals surface area contributed by atoms with Crippen molar-refractivity contribution in [1.29, 1.82) is 0 Å². The highest BCUT2D eigenvalue weighted by molar-refractivity contribution is 6.34. The first-order chi connectivity index (χ1) is 10.1. The van der Waals surface area contributed by atoms with E-state index in [1.165, 1.54) is 16.8 Å². The first-order valence-electron chi connectivity index (χ1n) is 6.21. The van der Waals surface area contributed by atoms with Crippen LogP contribution in [0.25, 0.3) is 10.9 Å². The third-order valence-corrected chi connectivity index (χ3v) is 3.69. The summed E-state index contributed by atoms with van der Waals surface area (Å²) in [4.78, 5) is 27.3. The molecule has 21 heavy (non-hydrogen) atoms. The van der Waals surface area contributed by atoms with E-state index in [0.29, 0.717) is 10.6 Å². The molecule has 0 atom stereocenters. The molecular formula is C15H10Cl2N2O2. The molecule has 0 saturated carbocycles. The van der Waals surface area contributed by atoms with Crippen LogP contribution in [-0.4, -0.2) is 15.3 Å². The number of halogens is 2. The fourth-order valence-electron chi connectivity index (χ4n) is 2.22. The summed E-state index contributed by atoms with van der Waals surface area (Å²) in [6.45, 7) is -0.110. The van der Waals surface area contributed by atoms with Crippen LogP contribution in [-0.2, 0) is 6.54 Å². The molecule has 0 bridgehead atoms. The van der Waals surface area contributed by atoms with Gasteiger partial charge in [-0.15, -0.1) is 0 Å². The van der Waals surface area contributed by atoms with E-state index in [1.54, 1.807) is 6.20 Å². The number of para-hydroxylation sites is 1. The summed E-state index contributed by atoms with van der Waals surface area (Å²) in [5, 5.41) is 1.13. The normalized spacial score (nSPS) is 11.0. The smallest absolute Gasteiger partial charge is 0.269 e. The average Bonchev–Trinajstić information content (AvgIpc) is 2.88. The van der Waals surface area contributed by atoms with Crippen LogP contribution < -0.4 is 5.56 Å². The number of H-pyrrole nitrogens is 1. The summed E-state index contributed by atoms with van der Waals surface area (Å²) in [5.74, 6) is -0.187. The third-order valence-electron chi connectivity index (χ3n) is 3.21. The minimum Gasteiger partial charge on any atom is -0.360 e. The maximum Gasteiger partial charge on any atom is 0.269 e. The van der Waals surface area contributed by atoms with Gasteiger partial charge in [-0.1, -0.05) is 41.4 Å². The number of aromatic nitrogens is 2. The molecule has 0 spiro atoms. The summed E-state index contributed by atoms with van der Waals surface area (Å²) in [5.41, 5.74) is 0.972. The maximum atomic E-state index is 12.4. The lowest BCUT2D eigenvalue weighted by Gasteiger charge is -2.06. The summed E-state index contributed by atoms with van der Waals surface area (Å²) >= 11 is 11.7. The van der Waals surface area contributed by atoms with Gasteiger partial charge in [0, 0.05) is 28.9 Å². The van der Waals surface area contributed by atoms with E-state index in [1.807, 2.05) is 24.3 Å².